The van der Waals surface area contributed by atoms with Gasteiger partial charge in [0.25, 0.3) is 5.56 Å². The zero-order valence-corrected chi connectivity index (χ0v) is 14.2. The van der Waals surface area contributed by atoms with Gasteiger partial charge in [0, 0.05) is 30.4 Å². The summed E-state index contributed by atoms with van der Waals surface area (Å²) in [4.78, 5) is 28.0. The van der Waals surface area contributed by atoms with Gasteiger partial charge in [-0.1, -0.05) is 24.3 Å². The maximum atomic E-state index is 12.7. The molecule has 27 heavy (non-hydrogen) atoms. The van der Waals surface area contributed by atoms with Gasteiger partial charge < -0.3 is 9.88 Å². The van der Waals surface area contributed by atoms with Crippen LogP contribution in [0.3, 0.4) is 0 Å². The summed E-state index contributed by atoms with van der Waals surface area (Å²) < 4.78 is 38.9. The predicted molar refractivity (Wildman–Crippen MR) is 94.2 cm³/mol. The molecule has 0 saturated carbocycles. The summed E-state index contributed by atoms with van der Waals surface area (Å²) in [5, 5.41) is 3.61. The van der Waals surface area contributed by atoms with Crippen LogP contribution < -0.4 is 10.9 Å². The van der Waals surface area contributed by atoms with Gasteiger partial charge in [-0.3, -0.25) is 14.6 Å². The van der Waals surface area contributed by atoms with Gasteiger partial charge in [0.05, 0.1) is 11.1 Å². The van der Waals surface area contributed by atoms with Crippen molar-refractivity contribution in [2.75, 3.05) is 6.54 Å². The Morgan fingerprint density at radius 2 is 1.89 bits per heavy atom. The van der Waals surface area contributed by atoms with Crippen LogP contribution in [-0.4, -0.2) is 22.0 Å². The summed E-state index contributed by atoms with van der Waals surface area (Å²) in [5.41, 5.74) is 0.140. The number of hydrogen-bond donors (Lipinski definition) is 1. The van der Waals surface area contributed by atoms with E-state index in [1.807, 2.05) is 30.3 Å². The van der Waals surface area contributed by atoms with Crippen molar-refractivity contribution in [3.8, 4) is 0 Å². The number of alkyl halides is 3. The quantitative estimate of drug-likeness (QED) is 0.746. The second-order valence-electron chi connectivity index (χ2n) is 5.97. The van der Waals surface area contributed by atoms with Gasteiger partial charge in [-0.15, -0.1) is 0 Å². The third-order valence-electron chi connectivity index (χ3n) is 4.06. The average molecular weight is 375 g/mol. The van der Waals surface area contributed by atoms with Crippen LogP contribution in [0.2, 0.25) is 0 Å². The number of carbonyl (C=O) groups excluding carboxylic acids is 1. The van der Waals surface area contributed by atoms with Crippen molar-refractivity contribution in [1.29, 1.82) is 0 Å². The molecular weight excluding hydrogens is 359 g/mol. The van der Waals surface area contributed by atoms with Crippen molar-refractivity contribution in [2.24, 2.45) is 0 Å². The monoisotopic (exact) mass is 375 g/mol. The van der Waals surface area contributed by atoms with E-state index in [0.29, 0.717) is 18.7 Å². The molecule has 0 saturated heterocycles. The molecule has 0 aliphatic heterocycles. The highest BCUT2D eigenvalue weighted by Gasteiger charge is 2.31. The second-order valence-corrected chi connectivity index (χ2v) is 5.97. The number of pyridine rings is 2. The molecule has 0 bridgehead atoms. The van der Waals surface area contributed by atoms with Gasteiger partial charge in [-0.25, -0.2) is 0 Å². The fraction of sp³-hybridized carbons (Fsp3) is 0.211. The van der Waals surface area contributed by atoms with Gasteiger partial charge in [0.1, 0.15) is 6.54 Å². The fourth-order valence-electron chi connectivity index (χ4n) is 2.74. The normalized spacial score (nSPS) is 11.5. The summed E-state index contributed by atoms with van der Waals surface area (Å²) in [7, 11) is 0. The number of nitrogens with one attached hydrogen (secondary N) is 1. The minimum atomic E-state index is -4.58. The number of benzene rings is 1. The van der Waals surface area contributed by atoms with Gasteiger partial charge in [-0.2, -0.15) is 13.2 Å². The molecule has 0 atom stereocenters. The van der Waals surface area contributed by atoms with Gasteiger partial charge in [0.15, 0.2) is 0 Å². The number of rotatable bonds is 5. The first-order valence-corrected chi connectivity index (χ1v) is 8.21. The Morgan fingerprint density at radius 1 is 1.11 bits per heavy atom. The van der Waals surface area contributed by atoms with Crippen LogP contribution in [0.15, 0.2) is 59.7 Å². The van der Waals surface area contributed by atoms with E-state index in [1.54, 1.807) is 6.20 Å². The topological polar surface area (TPSA) is 64.0 Å². The first-order chi connectivity index (χ1) is 12.8. The van der Waals surface area contributed by atoms with Gasteiger partial charge >= 0.3 is 6.18 Å². The minimum absolute atomic E-state index is 0.280. The highest BCUT2D eigenvalue weighted by Crippen LogP contribution is 2.27. The summed E-state index contributed by atoms with van der Waals surface area (Å²) in [6.45, 7) is -0.196. The smallest absolute Gasteiger partial charge is 0.354 e. The van der Waals surface area contributed by atoms with Crippen molar-refractivity contribution in [2.45, 2.75) is 19.1 Å². The fourth-order valence-corrected chi connectivity index (χ4v) is 2.74. The van der Waals surface area contributed by atoms with Crippen LogP contribution >= 0.6 is 0 Å². The van der Waals surface area contributed by atoms with E-state index in [0.717, 1.165) is 27.1 Å². The lowest BCUT2D eigenvalue weighted by molar-refractivity contribution is -0.138. The Labute approximate surface area is 152 Å². The maximum Gasteiger partial charge on any atom is 0.417 e. The summed E-state index contributed by atoms with van der Waals surface area (Å²) in [6, 6.07) is 11.0. The lowest BCUT2D eigenvalue weighted by Crippen LogP contribution is -2.33. The number of aromatic nitrogens is 2. The molecule has 3 rings (SSSR count). The predicted octanol–water partition coefficient (Wildman–Crippen LogP) is 2.77. The van der Waals surface area contributed by atoms with Crippen LogP contribution in [0.25, 0.3) is 10.9 Å². The molecule has 0 aliphatic rings. The Bertz CT molecular complexity index is 1020. The van der Waals surface area contributed by atoms with Crippen LogP contribution in [0.1, 0.15) is 11.1 Å². The lowest BCUT2D eigenvalue weighted by atomic mass is 10.1. The molecule has 0 spiro atoms. The van der Waals surface area contributed by atoms with E-state index in [4.69, 9.17) is 0 Å². The molecule has 0 aliphatic carbocycles. The average Bonchev–Trinajstić information content (AvgIpc) is 2.63. The zero-order chi connectivity index (χ0) is 19.4. The van der Waals surface area contributed by atoms with E-state index >= 15 is 0 Å². The maximum absolute atomic E-state index is 12.7. The van der Waals surface area contributed by atoms with Crippen LogP contribution in [0, 0.1) is 0 Å². The third-order valence-corrected chi connectivity index (χ3v) is 4.06. The molecule has 1 N–H and O–H groups in total. The molecule has 8 heteroatoms. The number of para-hydroxylation sites is 1. The van der Waals surface area contributed by atoms with E-state index < -0.39 is 29.8 Å². The summed E-state index contributed by atoms with van der Waals surface area (Å²) >= 11 is 0. The second kappa shape index (κ2) is 7.61. The van der Waals surface area contributed by atoms with Crippen LogP contribution in [0.5, 0.6) is 0 Å². The van der Waals surface area contributed by atoms with E-state index in [1.165, 1.54) is 0 Å². The Morgan fingerprint density at radius 3 is 2.67 bits per heavy atom. The molecule has 1 amide bonds. The van der Waals surface area contributed by atoms with Crippen molar-refractivity contribution in [3.63, 3.8) is 0 Å². The van der Waals surface area contributed by atoms with Crippen LogP contribution in [0.4, 0.5) is 13.2 Å². The van der Waals surface area contributed by atoms with Crippen LogP contribution in [-0.2, 0) is 23.9 Å². The largest absolute Gasteiger partial charge is 0.417 e. The lowest BCUT2D eigenvalue weighted by Gasteiger charge is -2.11. The Balaban J connectivity index is 1.63. The van der Waals surface area contributed by atoms with Gasteiger partial charge in [-0.05, 0) is 24.1 Å². The van der Waals surface area contributed by atoms with Crippen molar-refractivity contribution in [3.05, 3.63) is 76.3 Å². The molecular formula is C19H16F3N3O2. The third kappa shape index (κ3) is 4.52. The standard InChI is InChI=1S/C19H16F3N3O2/c20-19(21,22)15-6-7-17(27)25(11-15)12-16(26)23-10-8-14-4-1-3-13-5-2-9-24-18(13)14/h1-7,9,11H,8,10,12H2,(H,23,26). The van der Waals surface area contributed by atoms with E-state index in [9.17, 15) is 22.8 Å². The number of hydrogen-bond acceptors (Lipinski definition) is 3. The minimum Gasteiger partial charge on any atom is -0.354 e. The molecule has 1 aromatic carbocycles. The number of carbonyl (C=O) groups is 1. The molecule has 2 aromatic heterocycles. The van der Waals surface area contributed by atoms with Crippen molar-refractivity contribution >= 4 is 16.8 Å². The molecule has 140 valence electrons. The molecule has 0 radical (unpaired) electrons. The highest BCUT2D eigenvalue weighted by molar-refractivity contribution is 5.81. The number of fused-ring (bicyclic) bond motifs is 1. The number of nitrogens with zero attached hydrogens (tertiary/aromatic N) is 2. The number of halogens is 3. The number of amides is 1. The first kappa shape index (κ1) is 18.6. The Kier molecular flexibility index (Phi) is 5.25. The zero-order valence-electron chi connectivity index (χ0n) is 14.2. The SMILES string of the molecule is O=C(Cn1cc(C(F)(F)F)ccc1=O)NCCc1cccc2cccnc12. The molecule has 3 aromatic rings. The summed E-state index contributed by atoms with van der Waals surface area (Å²) in [5.74, 6) is -0.537. The highest BCUT2D eigenvalue weighted by atomic mass is 19.4. The molecule has 0 unspecified atom stereocenters. The molecule has 0 fully saturated rings. The first-order valence-electron chi connectivity index (χ1n) is 8.21. The van der Waals surface area contributed by atoms with Crippen molar-refractivity contribution < 1.29 is 18.0 Å². The summed E-state index contributed by atoms with van der Waals surface area (Å²) in [6.07, 6.45) is -1.73. The Hall–Kier alpha value is -3.16. The van der Waals surface area contributed by atoms with E-state index in [-0.39, 0.29) is 6.54 Å². The van der Waals surface area contributed by atoms with Crippen molar-refractivity contribution in [1.82, 2.24) is 14.9 Å². The molecule has 2 heterocycles. The van der Waals surface area contributed by atoms with Gasteiger partial charge in [0.2, 0.25) is 5.91 Å². The molecule has 5 nitrogen and oxygen atoms in total. The van der Waals surface area contributed by atoms with E-state index in [2.05, 4.69) is 10.3 Å².